The van der Waals surface area contributed by atoms with Crippen LogP contribution >= 0.6 is 0 Å². The van der Waals surface area contributed by atoms with Crippen molar-refractivity contribution in [3.05, 3.63) is 0 Å². The van der Waals surface area contributed by atoms with Gasteiger partial charge in [0.2, 0.25) is 0 Å². The molecule has 1 nitrogen and oxygen atoms in total. The number of hydrogen-bond acceptors (Lipinski definition) is 1. The van der Waals surface area contributed by atoms with Gasteiger partial charge in [-0.3, -0.25) is 0 Å². The van der Waals surface area contributed by atoms with Crippen molar-refractivity contribution in [2.75, 3.05) is 6.61 Å². The minimum Gasteiger partial charge on any atom is -0.396 e. The Labute approximate surface area is 82.5 Å². The molecule has 1 N–H and O–H groups in total. The Balaban J connectivity index is 2.61. The molecule has 1 rings (SSSR count). The maximum Gasteiger partial charge on any atom is 0.0482 e. The molecule has 0 saturated heterocycles. The molecule has 0 atom stereocenters. The van der Waals surface area contributed by atoms with E-state index in [0.717, 1.165) is 12.3 Å². The zero-order valence-corrected chi connectivity index (χ0v) is 9.94. The molecule has 0 bridgehead atoms. The van der Waals surface area contributed by atoms with E-state index < -0.39 is 0 Å². The van der Waals surface area contributed by atoms with Gasteiger partial charge in [-0.1, -0.05) is 41.5 Å². The van der Waals surface area contributed by atoms with Gasteiger partial charge in [0.05, 0.1) is 0 Å². The second-order valence-corrected chi connectivity index (χ2v) is 6.52. The summed E-state index contributed by atoms with van der Waals surface area (Å²) >= 11 is 0. The van der Waals surface area contributed by atoms with Crippen LogP contribution in [0.15, 0.2) is 0 Å². The lowest BCUT2D eigenvalue weighted by atomic mass is 9.85. The lowest BCUT2D eigenvalue weighted by molar-refractivity contribution is 0.137. The van der Waals surface area contributed by atoms with Gasteiger partial charge in [-0.25, -0.2) is 0 Å². The molecule has 0 aromatic rings. The molecule has 1 aliphatic rings. The maximum absolute atomic E-state index is 9.21. The van der Waals surface area contributed by atoms with E-state index >= 15 is 0 Å². The molecular formula is C12H24O. The van der Waals surface area contributed by atoms with Crippen LogP contribution in [0.3, 0.4) is 0 Å². The van der Waals surface area contributed by atoms with Crippen LogP contribution in [-0.2, 0) is 0 Å². The minimum absolute atomic E-state index is 0.0930. The van der Waals surface area contributed by atoms with E-state index in [1.807, 2.05) is 0 Å². The Bertz CT molecular complexity index is 187. The summed E-state index contributed by atoms with van der Waals surface area (Å²) in [4.78, 5) is 0. The van der Waals surface area contributed by atoms with E-state index in [4.69, 9.17) is 0 Å². The zero-order valence-electron chi connectivity index (χ0n) is 9.94. The predicted octanol–water partition coefficient (Wildman–Crippen LogP) is 3.08. The van der Waals surface area contributed by atoms with Crippen LogP contribution < -0.4 is 0 Å². The molecular weight excluding hydrogens is 160 g/mol. The highest BCUT2D eigenvalue weighted by molar-refractivity contribution is 5.12. The van der Waals surface area contributed by atoms with Crippen LogP contribution in [0.5, 0.6) is 0 Å². The van der Waals surface area contributed by atoms with Crippen LogP contribution in [0.25, 0.3) is 0 Å². The van der Waals surface area contributed by atoms with Gasteiger partial charge in [0, 0.05) is 6.61 Å². The SMILES string of the molecule is CC(C)(CO)CC1C(C)(C)C1(C)C. The highest BCUT2D eigenvalue weighted by Crippen LogP contribution is 2.71. The smallest absolute Gasteiger partial charge is 0.0482 e. The zero-order chi connectivity index (χ0) is 10.5. The average molecular weight is 184 g/mol. The van der Waals surface area contributed by atoms with Crippen LogP contribution in [0, 0.1) is 22.2 Å². The normalized spacial score (nSPS) is 26.1. The number of aliphatic hydroxyl groups is 1. The highest BCUT2D eigenvalue weighted by atomic mass is 16.3. The third-order valence-corrected chi connectivity index (χ3v) is 4.50. The van der Waals surface area contributed by atoms with E-state index in [9.17, 15) is 5.11 Å². The summed E-state index contributed by atoms with van der Waals surface area (Å²) in [6.45, 7) is 14.0. The van der Waals surface area contributed by atoms with Gasteiger partial charge in [-0.15, -0.1) is 0 Å². The predicted molar refractivity (Wildman–Crippen MR) is 56.5 cm³/mol. The van der Waals surface area contributed by atoms with Crippen molar-refractivity contribution in [1.82, 2.24) is 0 Å². The first-order valence-electron chi connectivity index (χ1n) is 5.26. The molecule has 1 aliphatic carbocycles. The molecule has 0 aliphatic heterocycles. The fourth-order valence-corrected chi connectivity index (χ4v) is 2.46. The molecule has 1 fully saturated rings. The van der Waals surface area contributed by atoms with Gasteiger partial charge in [-0.2, -0.15) is 0 Å². The summed E-state index contributed by atoms with van der Waals surface area (Å²) in [6, 6.07) is 0. The largest absolute Gasteiger partial charge is 0.396 e. The summed E-state index contributed by atoms with van der Waals surface area (Å²) in [7, 11) is 0. The summed E-state index contributed by atoms with van der Waals surface area (Å²) in [5.74, 6) is 0.766. The van der Waals surface area contributed by atoms with Crippen molar-refractivity contribution in [3.63, 3.8) is 0 Å². The topological polar surface area (TPSA) is 20.2 Å². The van der Waals surface area contributed by atoms with Crippen molar-refractivity contribution in [1.29, 1.82) is 0 Å². The summed E-state index contributed by atoms with van der Waals surface area (Å²) in [5, 5.41) is 9.21. The molecule has 1 saturated carbocycles. The Kier molecular flexibility index (Phi) is 2.31. The first-order chi connectivity index (χ1) is 5.65. The number of rotatable bonds is 3. The summed E-state index contributed by atoms with van der Waals surface area (Å²) < 4.78 is 0. The van der Waals surface area contributed by atoms with Crippen LogP contribution in [-0.4, -0.2) is 11.7 Å². The van der Waals surface area contributed by atoms with Gasteiger partial charge in [0.15, 0.2) is 0 Å². The molecule has 1 heteroatoms. The van der Waals surface area contributed by atoms with Crippen molar-refractivity contribution < 1.29 is 5.11 Å². The second kappa shape index (κ2) is 2.73. The van der Waals surface area contributed by atoms with Crippen molar-refractivity contribution in [2.24, 2.45) is 22.2 Å². The van der Waals surface area contributed by atoms with Gasteiger partial charge < -0.3 is 5.11 Å². The Morgan fingerprint density at radius 2 is 1.46 bits per heavy atom. The summed E-state index contributed by atoms with van der Waals surface area (Å²) in [5.41, 5.74) is 1.01. The van der Waals surface area contributed by atoms with Crippen molar-refractivity contribution >= 4 is 0 Å². The third-order valence-electron chi connectivity index (χ3n) is 4.50. The number of hydrogen-bond donors (Lipinski definition) is 1. The van der Waals surface area contributed by atoms with Gasteiger partial charge in [0.1, 0.15) is 0 Å². The summed E-state index contributed by atoms with van der Waals surface area (Å²) in [6.07, 6.45) is 1.14. The second-order valence-electron chi connectivity index (χ2n) is 6.52. The third kappa shape index (κ3) is 1.63. The van der Waals surface area contributed by atoms with E-state index in [1.54, 1.807) is 0 Å². The standard InChI is InChI=1S/C12H24O/c1-10(2,8-13)7-9-11(3,4)12(9,5)6/h9,13H,7-8H2,1-6H3. The van der Waals surface area contributed by atoms with Crippen LogP contribution in [0.4, 0.5) is 0 Å². The highest BCUT2D eigenvalue weighted by Gasteiger charge is 2.64. The number of aliphatic hydroxyl groups excluding tert-OH is 1. The molecule has 0 spiro atoms. The van der Waals surface area contributed by atoms with Crippen LogP contribution in [0.1, 0.15) is 48.0 Å². The van der Waals surface area contributed by atoms with Gasteiger partial charge >= 0.3 is 0 Å². The van der Waals surface area contributed by atoms with Gasteiger partial charge in [0.25, 0.3) is 0 Å². The molecule has 0 amide bonds. The maximum atomic E-state index is 9.21. The molecule has 0 aromatic heterocycles. The molecule has 78 valence electrons. The fraction of sp³-hybridized carbons (Fsp3) is 1.00. The Hall–Kier alpha value is -0.0400. The fourth-order valence-electron chi connectivity index (χ4n) is 2.46. The monoisotopic (exact) mass is 184 g/mol. The van der Waals surface area contributed by atoms with E-state index in [0.29, 0.717) is 17.4 Å². The van der Waals surface area contributed by atoms with Crippen molar-refractivity contribution in [3.8, 4) is 0 Å². The Morgan fingerprint density at radius 3 is 1.69 bits per heavy atom. The van der Waals surface area contributed by atoms with E-state index in [2.05, 4.69) is 41.5 Å². The van der Waals surface area contributed by atoms with Crippen LogP contribution in [0.2, 0.25) is 0 Å². The quantitative estimate of drug-likeness (QED) is 0.714. The van der Waals surface area contributed by atoms with Gasteiger partial charge in [-0.05, 0) is 28.6 Å². The molecule has 0 aromatic carbocycles. The minimum atomic E-state index is 0.0930. The molecule has 13 heavy (non-hydrogen) atoms. The van der Waals surface area contributed by atoms with Crippen molar-refractivity contribution in [2.45, 2.75) is 48.0 Å². The molecule has 0 radical (unpaired) electrons. The average Bonchev–Trinajstić information content (AvgIpc) is 2.33. The molecule has 0 unspecified atom stereocenters. The Morgan fingerprint density at radius 1 is 1.08 bits per heavy atom. The first kappa shape index (κ1) is 11.0. The first-order valence-corrected chi connectivity index (χ1v) is 5.26. The van der Waals surface area contributed by atoms with E-state index in [-0.39, 0.29) is 5.41 Å². The molecule has 0 heterocycles. The van der Waals surface area contributed by atoms with E-state index in [1.165, 1.54) is 0 Å². The lowest BCUT2D eigenvalue weighted by Gasteiger charge is -2.22. The lowest BCUT2D eigenvalue weighted by Crippen LogP contribution is -2.18.